The Labute approximate surface area is 188 Å². The number of amides is 1. The molecule has 0 fully saturated rings. The van der Waals surface area contributed by atoms with Crippen LogP contribution in [-0.4, -0.2) is 40.1 Å². The summed E-state index contributed by atoms with van der Waals surface area (Å²) in [6.07, 6.45) is 1.57. The highest BCUT2D eigenvalue weighted by Gasteiger charge is 2.26. The minimum absolute atomic E-state index is 0.0150. The van der Waals surface area contributed by atoms with E-state index < -0.39 is 0 Å². The minimum Gasteiger partial charge on any atom is -0.449 e. The number of nitrogens with one attached hydrogen (secondary N) is 2. The van der Waals surface area contributed by atoms with E-state index in [-0.39, 0.29) is 28.9 Å². The molecule has 2 N–H and O–H groups in total. The van der Waals surface area contributed by atoms with Crippen molar-refractivity contribution in [1.29, 1.82) is 0 Å². The molecule has 1 amide bonds. The number of carbonyl (C=O) groups excluding carboxylic acids is 1. The van der Waals surface area contributed by atoms with Crippen LogP contribution in [0.3, 0.4) is 0 Å². The fourth-order valence-corrected chi connectivity index (χ4v) is 3.76. The smallest absolute Gasteiger partial charge is 0.289 e. The second kappa shape index (κ2) is 8.25. The maximum Gasteiger partial charge on any atom is 0.289 e. The first-order valence-corrected chi connectivity index (χ1v) is 10.6. The van der Waals surface area contributed by atoms with Crippen LogP contribution in [-0.2, 0) is 11.3 Å². The molecule has 1 atom stereocenters. The van der Waals surface area contributed by atoms with Crippen molar-refractivity contribution < 1.29 is 18.7 Å². The van der Waals surface area contributed by atoms with Crippen LogP contribution in [0, 0.1) is 0 Å². The van der Waals surface area contributed by atoms with Crippen molar-refractivity contribution in [3.05, 3.63) is 47.1 Å². The molecule has 0 aliphatic carbocycles. The number of rotatable bonds is 5. The molecule has 9 nitrogen and oxygen atoms in total. The summed E-state index contributed by atoms with van der Waals surface area (Å²) in [5.74, 6) is 0.666. The number of benzene rings is 1. The van der Waals surface area contributed by atoms with E-state index in [0.29, 0.717) is 48.0 Å². The number of ether oxygens (including phenoxy) is 2. The first-order valence-electron chi connectivity index (χ1n) is 10.2. The number of furan rings is 1. The summed E-state index contributed by atoms with van der Waals surface area (Å²) in [5.41, 5.74) is 2.63. The Kier molecular flexibility index (Phi) is 5.28. The summed E-state index contributed by atoms with van der Waals surface area (Å²) in [4.78, 5) is 25.3. The Morgan fingerprint density at radius 1 is 1.25 bits per heavy atom. The summed E-state index contributed by atoms with van der Waals surface area (Å²) in [5, 5.41) is 7.95. The van der Waals surface area contributed by atoms with Crippen molar-refractivity contribution >= 4 is 45.1 Å². The van der Waals surface area contributed by atoms with E-state index in [1.54, 1.807) is 18.3 Å². The quantitative estimate of drug-likeness (QED) is 0.430. The van der Waals surface area contributed by atoms with Crippen molar-refractivity contribution in [2.45, 2.75) is 26.5 Å². The molecule has 10 heteroatoms. The van der Waals surface area contributed by atoms with Gasteiger partial charge in [-0.25, -0.2) is 9.97 Å². The van der Waals surface area contributed by atoms with Gasteiger partial charge in [0.05, 0.1) is 28.8 Å². The number of fused-ring (bicyclic) bond motifs is 5. The third-order valence-electron chi connectivity index (χ3n) is 5.12. The second-order valence-corrected chi connectivity index (χ2v) is 7.76. The maximum absolute atomic E-state index is 12.5. The standard InChI is InChI=1S/C22H20ClN5O4/c1-3-30-10-12-9-25-22(23)28-21(12)32-16-7-4-13-14(27-16)5-6-15-17(13)18-19(31-15)20(29)26-11(2)8-24-18/h4-7,9,11,24H,3,8,10H2,1-2H3,(H,26,29). The summed E-state index contributed by atoms with van der Waals surface area (Å²) in [7, 11) is 0. The number of halogens is 1. The van der Waals surface area contributed by atoms with Gasteiger partial charge in [-0.2, -0.15) is 4.98 Å². The number of carbonyl (C=O) groups is 1. The molecular formula is C22H20ClN5O4. The summed E-state index contributed by atoms with van der Waals surface area (Å²) >= 11 is 5.95. The second-order valence-electron chi connectivity index (χ2n) is 7.43. The van der Waals surface area contributed by atoms with Gasteiger partial charge in [0.1, 0.15) is 5.58 Å². The van der Waals surface area contributed by atoms with Crippen LogP contribution >= 0.6 is 11.6 Å². The minimum atomic E-state index is -0.239. The molecule has 4 heterocycles. The number of aromatic nitrogens is 3. The van der Waals surface area contributed by atoms with E-state index in [4.69, 9.17) is 25.5 Å². The lowest BCUT2D eigenvalue weighted by molar-refractivity contribution is 0.0920. The molecule has 0 radical (unpaired) electrons. The first kappa shape index (κ1) is 20.5. The van der Waals surface area contributed by atoms with Gasteiger partial charge in [-0.1, -0.05) is 0 Å². The van der Waals surface area contributed by atoms with Crippen LogP contribution in [0.15, 0.2) is 34.9 Å². The van der Waals surface area contributed by atoms with Gasteiger partial charge in [0.25, 0.3) is 5.91 Å². The molecule has 0 saturated heterocycles. The average Bonchev–Trinajstić information content (AvgIpc) is 3.09. The van der Waals surface area contributed by atoms with E-state index in [9.17, 15) is 4.79 Å². The number of hydrogen-bond acceptors (Lipinski definition) is 8. The lowest BCUT2D eigenvalue weighted by Gasteiger charge is -2.11. The Hall–Kier alpha value is -3.43. The van der Waals surface area contributed by atoms with E-state index >= 15 is 0 Å². The monoisotopic (exact) mass is 453 g/mol. The molecule has 1 aliphatic rings. The Bertz CT molecular complexity index is 1340. The van der Waals surface area contributed by atoms with Gasteiger partial charge in [-0.15, -0.1) is 0 Å². The molecule has 0 bridgehead atoms. The predicted octanol–water partition coefficient (Wildman–Crippen LogP) is 4.30. The Morgan fingerprint density at radius 3 is 2.97 bits per heavy atom. The van der Waals surface area contributed by atoms with Gasteiger partial charge >= 0.3 is 0 Å². The zero-order valence-corrected chi connectivity index (χ0v) is 18.2. The molecule has 0 spiro atoms. The van der Waals surface area contributed by atoms with Crippen molar-refractivity contribution in [2.75, 3.05) is 18.5 Å². The molecule has 0 saturated carbocycles. The molecular weight excluding hydrogens is 434 g/mol. The molecule has 1 aliphatic heterocycles. The van der Waals surface area contributed by atoms with Gasteiger partial charge in [0.2, 0.25) is 22.8 Å². The molecule has 1 aromatic carbocycles. The van der Waals surface area contributed by atoms with E-state index in [1.807, 2.05) is 26.0 Å². The summed E-state index contributed by atoms with van der Waals surface area (Å²) in [6.45, 7) is 5.27. The van der Waals surface area contributed by atoms with Crippen LogP contribution in [0.25, 0.3) is 21.9 Å². The predicted molar refractivity (Wildman–Crippen MR) is 119 cm³/mol. The number of hydrogen-bond donors (Lipinski definition) is 2. The van der Waals surface area contributed by atoms with Crippen molar-refractivity contribution in [3.63, 3.8) is 0 Å². The number of pyridine rings is 1. The third kappa shape index (κ3) is 3.69. The van der Waals surface area contributed by atoms with Gasteiger partial charge < -0.3 is 24.5 Å². The zero-order valence-electron chi connectivity index (χ0n) is 17.4. The summed E-state index contributed by atoms with van der Waals surface area (Å²) < 4.78 is 17.2. The summed E-state index contributed by atoms with van der Waals surface area (Å²) in [6, 6.07) is 7.22. The van der Waals surface area contributed by atoms with E-state index in [2.05, 4.69) is 25.6 Å². The van der Waals surface area contributed by atoms with Crippen molar-refractivity contribution in [1.82, 2.24) is 20.3 Å². The molecule has 32 heavy (non-hydrogen) atoms. The number of anilines is 1. The van der Waals surface area contributed by atoms with E-state index in [0.717, 1.165) is 10.8 Å². The number of nitrogens with zero attached hydrogens (tertiary/aromatic N) is 3. The van der Waals surface area contributed by atoms with Gasteiger partial charge in [0, 0.05) is 36.8 Å². The molecule has 5 rings (SSSR count). The third-order valence-corrected chi connectivity index (χ3v) is 5.31. The highest BCUT2D eigenvalue weighted by atomic mass is 35.5. The lowest BCUT2D eigenvalue weighted by atomic mass is 10.1. The fourth-order valence-electron chi connectivity index (χ4n) is 3.63. The molecule has 164 valence electrons. The van der Waals surface area contributed by atoms with Crippen LogP contribution in [0.2, 0.25) is 5.28 Å². The zero-order chi connectivity index (χ0) is 22.2. The Morgan fingerprint density at radius 2 is 2.12 bits per heavy atom. The van der Waals surface area contributed by atoms with Gasteiger partial charge in [-0.05, 0) is 43.6 Å². The average molecular weight is 454 g/mol. The van der Waals surface area contributed by atoms with Crippen LogP contribution in [0.1, 0.15) is 30.0 Å². The highest BCUT2D eigenvalue weighted by Crippen LogP contribution is 2.38. The maximum atomic E-state index is 12.5. The lowest BCUT2D eigenvalue weighted by Crippen LogP contribution is -2.34. The fraction of sp³-hybridized carbons (Fsp3) is 0.273. The van der Waals surface area contributed by atoms with Gasteiger partial charge in [-0.3, -0.25) is 4.79 Å². The normalized spacial score (nSPS) is 15.8. The van der Waals surface area contributed by atoms with Gasteiger partial charge in [0.15, 0.2) is 0 Å². The van der Waals surface area contributed by atoms with Crippen LogP contribution in [0.5, 0.6) is 11.8 Å². The topological polar surface area (TPSA) is 111 Å². The molecule has 3 aromatic heterocycles. The van der Waals surface area contributed by atoms with Crippen LogP contribution < -0.4 is 15.4 Å². The highest BCUT2D eigenvalue weighted by molar-refractivity contribution is 6.28. The van der Waals surface area contributed by atoms with E-state index in [1.165, 1.54) is 0 Å². The largest absolute Gasteiger partial charge is 0.449 e. The molecule has 4 aromatic rings. The first-order chi connectivity index (χ1) is 15.5. The van der Waals surface area contributed by atoms with Crippen molar-refractivity contribution in [3.8, 4) is 11.8 Å². The SMILES string of the molecule is CCOCc1cnc(Cl)nc1Oc1ccc2c(ccc3oc4c(c32)NCC(C)NC4=O)n1. The van der Waals surface area contributed by atoms with Crippen LogP contribution in [0.4, 0.5) is 5.69 Å². The molecule has 1 unspecified atom stereocenters. The van der Waals surface area contributed by atoms with Crippen molar-refractivity contribution in [2.24, 2.45) is 0 Å². The Balaban J connectivity index is 1.55.